The van der Waals surface area contributed by atoms with Crippen LogP contribution in [0.1, 0.15) is 18.9 Å². The zero-order valence-electron chi connectivity index (χ0n) is 10.3. The van der Waals surface area contributed by atoms with E-state index >= 15 is 0 Å². The summed E-state index contributed by atoms with van der Waals surface area (Å²) in [4.78, 5) is 0.178. The van der Waals surface area contributed by atoms with Crippen molar-refractivity contribution in [1.82, 2.24) is 4.72 Å². The maximum atomic E-state index is 11.9. The Hall–Kier alpha value is -0.330. The molecule has 0 bridgehead atoms. The molecule has 104 valence electrons. The van der Waals surface area contributed by atoms with Crippen molar-refractivity contribution in [2.24, 2.45) is 5.73 Å². The van der Waals surface area contributed by atoms with Gasteiger partial charge in [0.2, 0.25) is 10.0 Å². The van der Waals surface area contributed by atoms with Gasteiger partial charge in [0.15, 0.2) is 0 Å². The second kappa shape index (κ2) is 7.31. The molecule has 0 aliphatic carbocycles. The average Bonchev–Trinajstić information content (AvgIpc) is 2.21. The van der Waals surface area contributed by atoms with Crippen molar-refractivity contribution in [3.63, 3.8) is 0 Å². The number of nitrogens with two attached hydrogens (primary N) is 1. The van der Waals surface area contributed by atoms with E-state index in [1.54, 1.807) is 6.07 Å². The predicted octanol–water partition coefficient (Wildman–Crippen LogP) is 2.09. The second-order valence-corrected chi connectivity index (χ2v) is 6.25. The standard InChI is InChI=1S/C11H17ClN2O2S.ClH/c1-8-3-4-10(7-11(8)12)17(15,16)14-6-5-9(2)13;/h3-4,7,9,14H,5-6,13H2,1-2H3;1H. The topological polar surface area (TPSA) is 72.2 Å². The fraction of sp³-hybridized carbons (Fsp3) is 0.455. The third-order valence-electron chi connectivity index (χ3n) is 2.35. The largest absolute Gasteiger partial charge is 0.328 e. The first-order valence-electron chi connectivity index (χ1n) is 5.34. The minimum absolute atomic E-state index is 0. The lowest BCUT2D eigenvalue weighted by atomic mass is 10.2. The third-order valence-corrected chi connectivity index (χ3v) is 4.21. The first-order valence-corrected chi connectivity index (χ1v) is 7.20. The van der Waals surface area contributed by atoms with Crippen molar-refractivity contribution in [1.29, 1.82) is 0 Å². The normalized spacial score (nSPS) is 12.9. The lowest BCUT2D eigenvalue weighted by molar-refractivity contribution is 0.572. The number of sulfonamides is 1. The van der Waals surface area contributed by atoms with Crippen LogP contribution in [0, 0.1) is 6.92 Å². The molecule has 7 heteroatoms. The average molecular weight is 313 g/mol. The molecule has 1 aromatic rings. The van der Waals surface area contributed by atoms with Crippen molar-refractivity contribution in [2.45, 2.75) is 31.2 Å². The first-order chi connectivity index (χ1) is 7.83. The van der Waals surface area contributed by atoms with Crippen LogP contribution in [0.25, 0.3) is 0 Å². The van der Waals surface area contributed by atoms with E-state index in [1.165, 1.54) is 12.1 Å². The van der Waals surface area contributed by atoms with Gasteiger partial charge < -0.3 is 5.73 Å². The number of hydrogen-bond donors (Lipinski definition) is 2. The van der Waals surface area contributed by atoms with Crippen molar-refractivity contribution < 1.29 is 8.42 Å². The van der Waals surface area contributed by atoms with Crippen LogP contribution < -0.4 is 10.5 Å². The van der Waals surface area contributed by atoms with Crippen molar-refractivity contribution in [3.8, 4) is 0 Å². The van der Waals surface area contributed by atoms with Crippen molar-refractivity contribution in [2.75, 3.05) is 6.54 Å². The minimum atomic E-state index is -3.49. The van der Waals surface area contributed by atoms with E-state index in [0.29, 0.717) is 18.0 Å². The summed E-state index contributed by atoms with van der Waals surface area (Å²) in [6.07, 6.45) is 0.596. The van der Waals surface area contributed by atoms with Crippen LogP contribution in [-0.4, -0.2) is 21.0 Å². The smallest absolute Gasteiger partial charge is 0.240 e. The van der Waals surface area contributed by atoms with Gasteiger partial charge in [-0.3, -0.25) is 0 Å². The van der Waals surface area contributed by atoms with Gasteiger partial charge in [0.05, 0.1) is 4.90 Å². The molecule has 0 spiro atoms. The Kier molecular flexibility index (Phi) is 7.17. The molecule has 0 heterocycles. The van der Waals surface area contributed by atoms with Crippen LogP contribution in [0.2, 0.25) is 5.02 Å². The Morgan fingerprint density at radius 3 is 2.56 bits per heavy atom. The zero-order valence-corrected chi connectivity index (χ0v) is 12.7. The number of hydrogen-bond acceptors (Lipinski definition) is 3. The summed E-state index contributed by atoms with van der Waals surface area (Å²) in [6.45, 7) is 3.98. The molecule has 0 radical (unpaired) electrons. The molecule has 1 unspecified atom stereocenters. The molecule has 1 rings (SSSR count). The maximum Gasteiger partial charge on any atom is 0.240 e. The van der Waals surface area contributed by atoms with Gasteiger partial charge in [-0.1, -0.05) is 17.7 Å². The van der Waals surface area contributed by atoms with Gasteiger partial charge in [-0.25, -0.2) is 13.1 Å². The molecule has 0 aliphatic rings. The highest BCUT2D eigenvalue weighted by atomic mass is 35.5. The molecule has 0 fully saturated rings. The fourth-order valence-electron chi connectivity index (χ4n) is 1.25. The molecule has 4 nitrogen and oxygen atoms in total. The first kappa shape index (κ1) is 17.7. The second-order valence-electron chi connectivity index (χ2n) is 4.07. The van der Waals surface area contributed by atoms with Crippen LogP contribution in [0.4, 0.5) is 0 Å². The van der Waals surface area contributed by atoms with E-state index in [-0.39, 0.29) is 23.3 Å². The fourth-order valence-corrected chi connectivity index (χ4v) is 2.56. The molecular formula is C11H18Cl2N2O2S. The maximum absolute atomic E-state index is 11.9. The highest BCUT2D eigenvalue weighted by molar-refractivity contribution is 7.89. The van der Waals surface area contributed by atoms with Crippen molar-refractivity contribution in [3.05, 3.63) is 28.8 Å². The van der Waals surface area contributed by atoms with Crippen molar-refractivity contribution >= 4 is 34.0 Å². The molecule has 1 atom stereocenters. The third kappa shape index (κ3) is 5.12. The van der Waals surface area contributed by atoms with Gasteiger partial charge in [-0.2, -0.15) is 0 Å². The predicted molar refractivity (Wildman–Crippen MR) is 76.9 cm³/mol. The number of benzene rings is 1. The van der Waals surface area contributed by atoms with Gasteiger partial charge in [-0.05, 0) is 38.0 Å². The SMILES string of the molecule is Cc1ccc(S(=O)(=O)NCCC(C)N)cc1Cl.Cl. The molecule has 0 aromatic heterocycles. The van der Waals surface area contributed by atoms with Crippen LogP contribution in [0.5, 0.6) is 0 Å². The van der Waals surface area contributed by atoms with E-state index in [4.69, 9.17) is 17.3 Å². The zero-order chi connectivity index (χ0) is 13.1. The Morgan fingerprint density at radius 1 is 1.44 bits per heavy atom. The molecule has 3 N–H and O–H groups in total. The van der Waals surface area contributed by atoms with Gasteiger partial charge in [0.25, 0.3) is 0 Å². The summed E-state index contributed by atoms with van der Waals surface area (Å²) in [5.41, 5.74) is 6.40. The van der Waals surface area contributed by atoms with E-state index in [2.05, 4.69) is 4.72 Å². The Labute approximate surface area is 119 Å². The molecule has 0 saturated heterocycles. The molecular weight excluding hydrogens is 295 g/mol. The number of nitrogens with one attached hydrogen (secondary N) is 1. The lowest BCUT2D eigenvalue weighted by Gasteiger charge is -2.09. The van der Waals surface area contributed by atoms with Crippen LogP contribution in [-0.2, 0) is 10.0 Å². The summed E-state index contributed by atoms with van der Waals surface area (Å²) >= 11 is 5.89. The number of rotatable bonds is 5. The van der Waals surface area contributed by atoms with Gasteiger partial charge >= 0.3 is 0 Å². The van der Waals surface area contributed by atoms with Gasteiger partial charge in [-0.15, -0.1) is 12.4 Å². The monoisotopic (exact) mass is 312 g/mol. The van der Waals surface area contributed by atoms with Crippen LogP contribution >= 0.6 is 24.0 Å². The van der Waals surface area contributed by atoms with Crippen LogP contribution in [0.15, 0.2) is 23.1 Å². The minimum Gasteiger partial charge on any atom is -0.328 e. The molecule has 18 heavy (non-hydrogen) atoms. The quantitative estimate of drug-likeness (QED) is 0.874. The van der Waals surface area contributed by atoms with E-state index in [0.717, 1.165) is 5.56 Å². The molecule has 1 aromatic carbocycles. The summed E-state index contributed by atoms with van der Waals surface area (Å²) in [5, 5.41) is 0.445. The number of aryl methyl sites for hydroxylation is 1. The van der Waals surface area contributed by atoms with E-state index < -0.39 is 10.0 Å². The highest BCUT2D eigenvalue weighted by Gasteiger charge is 2.14. The molecule has 0 aliphatic heterocycles. The van der Waals surface area contributed by atoms with E-state index in [1.807, 2.05) is 13.8 Å². The summed E-state index contributed by atoms with van der Waals surface area (Å²) in [5.74, 6) is 0. The molecule has 0 saturated carbocycles. The Morgan fingerprint density at radius 2 is 2.06 bits per heavy atom. The summed E-state index contributed by atoms with van der Waals surface area (Å²) in [7, 11) is -3.49. The summed E-state index contributed by atoms with van der Waals surface area (Å²) < 4.78 is 26.2. The van der Waals surface area contributed by atoms with Gasteiger partial charge in [0, 0.05) is 17.6 Å². The lowest BCUT2D eigenvalue weighted by Crippen LogP contribution is -2.29. The highest BCUT2D eigenvalue weighted by Crippen LogP contribution is 2.19. The Balaban J connectivity index is 0.00000289. The Bertz CT molecular complexity index is 490. The molecule has 0 amide bonds. The summed E-state index contributed by atoms with van der Waals surface area (Å²) in [6, 6.07) is 4.64. The van der Waals surface area contributed by atoms with E-state index in [9.17, 15) is 8.42 Å². The number of halogens is 2. The van der Waals surface area contributed by atoms with Crippen LogP contribution in [0.3, 0.4) is 0 Å². The van der Waals surface area contributed by atoms with Gasteiger partial charge in [0.1, 0.15) is 0 Å².